The molecule has 0 bridgehead atoms. The number of benzene rings is 1. The quantitative estimate of drug-likeness (QED) is 0.807. The van der Waals surface area contributed by atoms with E-state index >= 15 is 0 Å². The van der Waals surface area contributed by atoms with Gasteiger partial charge in [0.25, 0.3) is 0 Å². The first-order valence-electron chi connectivity index (χ1n) is 10.1. The zero-order valence-corrected chi connectivity index (χ0v) is 16.0. The molecule has 4 heterocycles. The van der Waals surface area contributed by atoms with Crippen molar-refractivity contribution >= 4 is 11.8 Å². The first kappa shape index (κ1) is 17.8. The fourth-order valence-corrected chi connectivity index (χ4v) is 4.11. The fourth-order valence-electron chi connectivity index (χ4n) is 4.11. The van der Waals surface area contributed by atoms with Gasteiger partial charge in [-0.25, -0.2) is 4.98 Å². The lowest BCUT2D eigenvalue weighted by atomic mass is 10.0. The molecule has 0 saturated carbocycles. The van der Waals surface area contributed by atoms with Gasteiger partial charge in [0.1, 0.15) is 5.82 Å². The van der Waals surface area contributed by atoms with E-state index in [1.54, 1.807) is 0 Å². The van der Waals surface area contributed by atoms with Crippen LogP contribution in [0.3, 0.4) is 0 Å². The summed E-state index contributed by atoms with van der Waals surface area (Å²) in [7, 11) is 0. The number of ether oxygens (including phenoxy) is 3. The molecule has 0 radical (unpaired) electrons. The molecule has 0 atom stereocenters. The summed E-state index contributed by atoms with van der Waals surface area (Å²) >= 11 is 0. The lowest BCUT2D eigenvalue weighted by Gasteiger charge is -2.38. The van der Waals surface area contributed by atoms with Crippen molar-refractivity contribution in [2.75, 3.05) is 62.4 Å². The number of hydrogen-bond donors (Lipinski definition) is 0. The molecule has 0 aliphatic carbocycles. The van der Waals surface area contributed by atoms with Gasteiger partial charge in [0.2, 0.25) is 5.95 Å². The summed E-state index contributed by atoms with van der Waals surface area (Å²) in [5.41, 5.74) is 2.07. The van der Waals surface area contributed by atoms with Crippen molar-refractivity contribution in [2.24, 2.45) is 0 Å². The zero-order valence-electron chi connectivity index (χ0n) is 16.0. The van der Waals surface area contributed by atoms with Crippen LogP contribution in [0.4, 0.5) is 11.8 Å². The van der Waals surface area contributed by atoms with Crippen molar-refractivity contribution < 1.29 is 14.2 Å². The van der Waals surface area contributed by atoms with Gasteiger partial charge in [-0.1, -0.05) is 30.3 Å². The normalized spacial score (nSPS) is 22.0. The topological polar surface area (TPSA) is 60.0 Å². The molecule has 3 aliphatic heterocycles. The van der Waals surface area contributed by atoms with Gasteiger partial charge in [0.05, 0.1) is 32.1 Å². The molecular weight excluding hydrogens is 356 g/mol. The predicted molar refractivity (Wildman–Crippen MR) is 107 cm³/mol. The molecule has 1 spiro atoms. The molecule has 1 aromatic heterocycles. The third kappa shape index (κ3) is 3.57. The number of anilines is 2. The minimum absolute atomic E-state index is 0.376. The Labute approximate surface area is 165 Å². The highest BCUT2D eigenvalue weighted by Crippen LogP contribution is 2.34. The summed E-state index contributed by atoms with van der Waals surface area (Å²) in [5.74, 6) is 1.38. The standard InChI is InChI=1S/C21H26N4O3/c1-2-4-17(5-3-1)18-16-19(23-20(22-18)25-10-12-26-13-11-25)24-8-6-21(7-9-24)27-14-15-28-21/h1-5,16H,6-15H2. The second kappa shape index (κ2) is 7.66. The summed E-state index contributed by atoms with van der Waals surface area (Å²) < 4.78 is 17.2. The van der Waals surface area contributed by atoms with E-state index in [0.717, 1.165) is 75.3 Å². The van der Waals surface area contributed by atoms with Gasteiger partial charge in [0, 0.05) is 50.7 Å². The predicted octanol–water partition coefficient (Wildman–Crippen LogP) is 2.32. The number of nitrogens with zero attached hydrogens (tertiary/aromatic N) is 4. The third-order valence-electron chi connectivity index (χ3n) is 5.73. The molecule has 5 rings (SSSR count). The number of morpholine rings is 1. The van der Waals surface area contributed by atoms with E-state index in [-0.39, 0.29) is 5.79 Å². The van der Waals surface area contributed by atoms with Gasteiger partial charge in [-0.3, -0.25) is 0 Å². The monoisotopic (exact) mass is 382 g/mol. The van der Waals surface area contributed by atoms with E-state index in [1.165, 1.54) is 0 Å². The Hall–Kier alpha value is -2.22. The summed E-state index contributed by atoms with van der Waals surface area (Å²) in [6, 6.07) is 12.4. The summed E-state index contributed by atoms with van der Waals surface area (Å²) in [6.45, 7) is 6.22. The molecular formula is C21H26N4O3. The molecule has 0 N–H and O–H groups in total. The molecule has 28 heavy (non-hydrogen) atoms. The van der Waals surface area contributed by atoms with Crippen LogP contribution >= 0.6 is 0 Å². The Morgan fingerprint density at radius 2 is 1.50 bits per heavy atom. The van der Waals surface area contributed by atoms with Crippen LogP contribution in [-0.2, 0) is 14.2 Å². The van der Waals surface area contributed by atoms with Crippen molar-refractivity contribution in [3.05, 3.63) is 36.4 Å². The van der Waals surface area contributed by atoms with Crippen LogP contribution in [0.25, 0.3) is 11.3 Å². The SMILES string of the molecule is c1ccc(-c2cc(N3CCC4(CC3)OCCO4)nc(N3CCOCC3)n2)cc1. The highest BCUT2D eigenvalue weighted by Gasteiger charge is 2.40. The van der Waals surface area contributed by atoms with Crippen molar-refractivity contribution in [3.63, 3.8) is 0 Å². The molecule has 3 aliphatic rings. The maximum absolute atomic E-state index is 5.87. The van der Waals surface area contributed by atoms with Crippen LogP contribution in [-0.4, -0.2) is 68.4 Å². The molecule has 7 heteroatoms. The van der Waals surface area contributed by atoms with E-state index in [0.29, 0.717) is 13.2 Å². The van der Waals surface area contributed by atoms with Crippen LogP contribution in [0.15, 0.2) is 36.4 Å². The van der Waals surface area contributed by atoms with Crippen molar-refractivity contribution in [1.82, 2.24) is 9.97 Å². The number of piperidine rings is 1. The van der Waals surface area contributed by atoms with E-state index in [9.17, 15) is 0 Å². The van der Waals surface area contributed by atoms with E-state index in [4.69, 9.17) is 24.2 Å². The van der Waals surface area contributed by atoms with Crippen LogP contribution in [0.5, 0.6) is 0 Å². The maximum Gasteiger partial charge on any atom is 0.228 e. The Morgan fingerprint density at radius 3 is 2.21 bits per heavy atom. The average Bonchev–Trinajstić information content (AvgIpc) is 3.23. The van der Waals surface area contributed by atoms with Crippen LogP contribution < -0.4 is 9.80 Å². The Kier molecular flexibility index (Phi) is 4.88. The largest absolute Gasteiger partial charge is 0.378 e. The van der Waals surface area contributed by atoms with Crippen LogP contribution in [0, 0.1) is 0 Å². The van der Waals surface area contributed by atoms with Crippen LogP contribution in [0.1, 0.15) is 12.8 Å². The summed E-state index contributed by atoms with van der Waals surface area (Å²) in [4.78, 5) is 14.3. The molecule has 2 aromatic rings. The van der Waals surface area contributed by atoms with Gasteiger partial charge in [-0.15, -0.1) is 0 Å². The van der Waals surface area contributed by atoms with Gasteiger partial charge in [-0.05, 0) is 0 Å². The number of rotatable bonds is 3. The Morgan fingerprint density at radius 1 is 0.786 bits per heavy atom. The molecule has 148 valence electrons. The number of hydrogen-bond acceptors (Lipinski definition) is 7. The average molecular weight is 382 g/mol. The highest BCUT2D eigenvalue weighted by atomic mass is 16.7. The summed E-state index contributed by atoms with van der Waals surface area (Å²) in [5, 5.41) is 0. The Bertz CT molecular complexity index is 795. The zero-order chi connectivity index (χ0) is 18.8. The van der Waals surface area contributed by atoms with Crippen molar-refractivity contribution in [2.45, 2.75) is 18.6 Å². The second-order valence-electron chi connectivity index (χ2n) is 7.47. The lowest BCUT2D eigenvalue weighted by molar-refractivity contribution is -0.169. The van der Waals surface area contributed by atoms with Gasteiger partial charge < -0.3 is 24.0 Å². The molecule has 3 fully saturated rings. The molecule has 3 saturated heterocycles. The fraction of sp³-hybridized carbons (Fsp3) is 0.524. The third-order valence-corrected chi connectivity index (χ3v) is 5.73. The Balaban J connectivity index is 1.44. The minimum atomic E-state index is -0.376. The number of aromatic nitrogens is 2. The highest BCUT2D eigenvalue weighted by molar-refractivity contribution is 5.65. The maximum atomic E-state index is 5.87. The summed E-state index contributed by atoms with van der Waals surface area (Å²) in [6.07, 6.45) is 1.73. The van der Waals surface area contributed by atoms with Crippen LogP contribution in [0.2, 0.25) is 0 Å². The van der Waals surface area contributed by atoms with Crippen molar-refractivity contribution in [3.8, 4) is 11.3 Å². The first-order valence-corrected chi connectivity index (χ1v) is 10.1. The molecule has 1 aromatic carbocycles. The first-order chi connectivity index (χ1) is 13.8. The molecule has 7 nitrogen and oxygen atoms in total. The van der Waals surface area contributed by atoms with E-state index in [2.05, 4.69) is 28.0 Å². The molecule has 0 unspecified atom stereocenters. The van der Waals surface area contributed by atoms with Gasteiger partial charge >= 0.3 is 0 Å². The second-order valence-corrected chi connectivity index (χ2v) is 7.47. The van der Waals surface area contributed by atoms with Crippen molar-refractivity contribution in [1.29, 1.82) is 0 Å². The van der Waals surface area contributed by atoms with Gasteiger partial charge in [-0.2, -0.15) is 4.98 Å². The van der Waals surface area contributed by atoms with E-state index in [1.807, 2.05) is 18.2 Å². The van der Waals surface area contributed by atoms with Gasteiger partial charge in [0.15, 0.2) is 5.79 Å². The smallest absolute Gasteiger partial charge is 0.228 e. The minimum Gasteiger partial charge on any atom is -0.378 e. The lowest BCUT2D eigenvalue weighted by Crippen LogP contribution is -2.45. The molecule has 0 amide bonds. The van der Waals surface area contributed by atoms with E-state index < -0.39 is 0 Å².